The number of nitrogens with two attached hydrogens (primary N) is 1. The third-order valence-corrected chi connectivity index (χ3v) is 5.58. The largest absolute Gasteiger partial charge is 0.490 e. The van der Waals surface area contributed by atoms with Crippen LogP contribution in [0.4, 0.5) is 22.0 Å². The summed E-state index contributed by atoms with van der Waals surface area (Å²) in [7, 11) is 0. The van der Waals surface area contributed by atoms with Gasteiger partial charge in [0.1, 0.15) is 6.54 Å². The number of fused-ring (bicyclic) bond motifs is 1. The molecule has 1 saturated carbocycles. The summed E-state index contributed by atoms with van der Waals surface area (Å²) in [6, 6.07) is 6.46. The summed E-state index contributed by atoms with van der Waals surface area (Å²) in [4.78, 5) is 8.90. The predicted molar refractivity (Wildman–Crippen MR) is 111 cm³/mol. The van der Waals surface area contributed by atoms with Crippen LogP contribution in [0.25, 0.3) is 22.0 Å². The number of carbonyl (C=O) groups is 1. The van der Waals surface area contributed by atoms with E-state index in [0.29, 0.717) is 12.0 Å². The second-order valence-corrected chi connectivity index (χ2v) is 7.94. The Morgan fingerprint density at radius 1 is 1.15 bits per heavy atom. The number of aliphatic carboxylic acids is 1. The quantitative estimate of drug-likeness (QED) is 0.532. The van der Waals surface area contributed by atoms with E-state index >= 15 is 0 Å². The molecule has 33 heavy (non-hydrogen) atoms. The Labute approximate surface area is 186 Å². The van der Waals surface area contributed by atoms with Gasteiger partial charge in [-0.3, -0.25) is 9.36 Å². The molecular weight excluding hydrogens is 449 g/mol. The van der Waals surface area contributed by atoms with Crippen LogP contribution < -0.4 is 5.73 Å². The number of alkyl halides is 5. The standard InChI is InChI=1S/C19H23F2N5.C2HF3O2/c20-19(21)12-25-10-16(9-23-25)14-3-4-15-11-26(24-18(15)7-14)17-5-1-13(8-22)2-6-17;3-2(4,5)1(6)7/h3-4,7,9-11,13,17,19H,1-2,5-6,8,12,22H2;(H,6,7). The van der Waals surface area contributed by atoms with Gasteiger partial charge in [-0.05, 0) is 49.8 Å². The first-order chi connectivity index (χ1) is 15.6. The van der Waals surface area contributed by atoms with Crippen molar-refractivity contribution in [3.05, 3.63) is 36.8 Å². The summed E-state index contributed by atoms with van der Waals surface area (Å²) < 4.78 is 60.1. The highest BCUT2D eigenvalue weighted by Gasteiger charge is 2.38. The number of aromatic nitrogens is 4. The number of hydrogen-bond acceptors (Lipinski definition) is 4. The molecule has 0 atom stereocenters. The van der Waals surface area contributed by atoms with E-state index in [1.54, 1.807) is 12.4 Å². The fourth-order valence-corrected chi connectivity index (χ4v) is 3.80. The maximum absolute atomic E-state index is 12.5. The molecule has 3 N–H and O–H groups in total. The number of hydrogen-bond donors (Lipinski definition) is 2. The topological polar surface area (TPSA) is 99.0 Å². The first kappa shape index (κ1) is 24.6. The van der Waals surface area contributed by atoms with Gasteiger partial charge in [-0.15, -0.1) is 0 Å². The van der Waals surface area contributed by atoms with Crippen molar-refractivity contribution in [3.8, 4) is 11.1 Å². The molecule has 0 amide bonds. The van der Waals surface area contributed by atoms with Gasteiger partial charge in [-0.25, -0.2) is 13.6 Å². The zero-order chi connectivity index (χ0) is 24.2. The van der Waals surface area contributed by atoms with Crippen LogP contribution in [0.3, 0.4) is 0 Å². The van der Waals surface area contributed by atoms with Crippen LogP contribution >= 0.6 is 0 Å². The maximum atomic E-state index is 12.5. The SMILES string of the molecule is NCC1CCC(n2cc3ccc(-c4cnn(CC(F)F)c4)cc3n2)CC1.O=C(O)C(F)(F)F. The minimum atomic E-state index is -5.08. The lowest BCUT2D eigenvalue weighted by Gasteiger charge is -2.27. The second kappa shape index (κ2) is 10.3. The Kier molecular flexibility index (Phi) is 7.67. The van der Waals surface area contributed by atoms with Crippen LogP contribution in [0.2, 0.25) is 0 Å². The summed E-state index contributed by atoms with van der Waals surface area (Å²) in [5.74, 6) is -2.11. The lowest BCUT2D eigenvalue weighted by Crippen LogP contribution is -2.23. The molecule has 4 rings (SSSR count). The normalized spacial score (nSPS) is 18.9. The molecule has 1 aliphatic rings. The highest BCUT2D eigenvalue weighted by Crippen LogP contribution is 2.32. The van der Waals surface area contributed by atoms with Gasteiger partial charge < -0.3 is 10.8 Å². The van der Waals surface area contributed by atoms with Gasteiger partial charge in [0.05, 0.1) is 17.8 Å². The number of benzene rings is 1. The van der Waals surface area contributed by atoms with Crippen LogP contribution in [0.15, 0.2) is 36.8 Å². The second-order valence-electron chi connectivity index (χ2n) is 7.94. The molecule has 12 heteroatoms. The molecule has 0 spiro atoms. The Morgan fingerprint density at radius 2 is 1.82 bits per heavy atom. The Hall–Kier alpha value is -3.02. The molecule has 0 bridgehead atoms. The minimum Gasteiger partial charge on any atom is -0.475 e. The monoisotopic (exact) mass is 473 g/mol. The lowest BCUT2D eigenvalue weighted by molar-refractivity contribution is -0.192. The van der Waals surface area contributed by atoms with Gasteiger partial charge in [0.25, 0.3) is 6.43 Å². The summed E-state index contributed by atoms with van der Waals surface area (Å²) >= 11 is 0. The molecule has 180 valence electrons. The first-order valence-electron chi connectivity index (χ1n) is 10.4. The van der Waals surface area contributed by atoms with Gasteiger partial charge in [0, 0.05) is 23.3 Å². The molecule has 2 heterocycles. The number of carboxylic acids is 1. The highest BCUT2D eigenvalue weighted by molar-refractivity contribution is 5.83. The van der Waals surface area contributed by atoms with E-state index in [1.807, 2.05) is 18.2 Å². The van der Waals surface area contributed by atoms with E-state index < -0.39 is 18.6 Å². The summed E-state index contributed by atoms with van der Waals surface area (Å²) in [5, 5.41) is 17.0. The number of nitrogens with zero attached hydrogens (tertiary/aromatic N) is 4. The van der Waals surface area contributed by atoms with Crippen molar-refractivity contribution in [2.75, 3.05) is 6.54 Å². The van der Waals surface area contributed by atoms with E-state index in [0.717, 1.165) is 54.3 Å². The van der Waals surface area contributed by atoms with Crippen LogP contribution in [-0.2, 0) is 11.3 Å². The zero-order valence-corrected chi connectivity index (χ0v) is 17.6. The molecule has 0 saturated heterocycles. The van der Waals surface area contributed by atoms with Gasteiger partial charge >= 0.3 is 12.1 Å². The molecule has 2 aromatic heterocycles. The number of halogens is 5. The van der Waals surface area contributed by atoms with Crippen molar-refractivity contribution in [1.29, 1.82) is 0 Å². The van der Waals surface area contributed by atoms with Gasteiger partial charge in [0.15, 0.2) is 0 Å². The third kappa shape index (κ3) is 6.50. The van der Waals surface area contributed by atoms with Crippen LogP contribution in [-0.4, -0.2) is 49.8 Å². The third-order valence-electron chi connectivity index (χ3n) is 5.58. The fraction of sp³-hybridized carbons (Fsp3) is 0.476. The van der Waals surface area contributed by atoms with E-state index in [9.17, 15) is 22.0 Å². The van der Waals surface area contributed by atoms with Crippen LogP contribution in [0.1, 0.15) is 31.7 Å². The average molecular weight is 473 g/mol. The molecule has 0 aliphatic heterocycles. The Morgan fingerprint density at radius 3 is 2.39 bits per heavy atom. The fourth-order valence-electron chi connectivity index (χ4n) is 3.80. The van der Waals surface area contributed by atoms with Crippen molar-refractivity contribution in [3.63, 3.8) is 0 Å². The summed E-state index contributed by atoms with van der Waals surface area (Å²) in [6.45, 7) is 0.388. The summed E-state index contributed by atoms with van der Waals surface area (Å²) in [6.07, 6.45) is 2.43. The molecule has 1 fully saturated rings. The van der Waals surface area contributed by atoms with E-state index in [-0.39, 0.29) is 6.54 Å². The zero-order valence-electron chi connectivity index (χ0n) is 17.6. The van der Waals surface area contributed by atoms with Crippen LogP contribution in [0, 0.1) is 5.92 Å². The highest BCUT2D eigenvalue weighted by atomic mass is 19.4. The maximum Gasteiger partial charge on any atom is 0.490 e. The molecule has 7 nitrogen and oxygen atoms in total. The smallest absolute Gasteiger partial charge is 0.475 e. The molecule has 1 aliphatic carbocycles. The summed E-state index contributed by atoms with van der Waals surface area (Å²) in [5.41, 5.74) is 8.46. The minimum absolute atomic E-state index is 0.387. The van der Waals surface area contributed by atoms with E-state index in [1.165, 1.54) is 4.68 Å². The van der Waals surface area contributed by atoms with Crippen molar-refractivity contribution in [2.24, 2.45) is 11.7 Å². The molecule has 3 aromatic rings. The molecule has 0 unspecified atom stereocenters. The van der Waals surface area contributed by atoms with Crippen molar-refractivity contribution in [2.45, 2.75) is 50.9 Å². The molecular formula is C21H24F5N5O2. The van der Waals surface area contributed by atoms with Crippen molar-refractivity contribution < 1.29 is 31.9 Å². The van der Waals surface area contributed by atoms with Gasteiger partial charge in [-0.2, -0.15) is 23.4 Å². The van der Waals surface area contributed by atoms with Crippen LogP contribution in [0.5, 0.6) is 0 Å². The Bertz CT molecular complexity index is 1070. The number of rotatable bonds is 5. The molecule has 1 aromatic carbocycles. The van der Waals surface area contributed by atoms with E-state index in [4.69, 9.17) is 20.7 Å². The first-order valence-corrected chi connectivity index (χ1v) is 10.4. The average Bonchev–Trinajstić information content (AvgIpc) is 3.39. The van der Waals surface area contributed by atoms with Gasteiger partial charge in [-0.1, -0.05) is 12.1 Å². The Balaban J connectivity index is 0.000000383. The lowest BCUT2D eigenvalue weighted by atomic mass is 9.86. The van der Waals surface area contributed by atoms with E-state index in [2.05, 4.69) is 16.0 Å². The van der Waals surface area contributed by atoms with Gasteiger partial charge in [0.2, 0.25) is 0 Å². The number of carboxylic acid groups (broad SMARTS) is 1. The predicted octanol–water partition coefficient (Wildman–Crippen LogP) is 4.49. The van der Waals surface area contributed by atoms with Crippen molar-refractivity contribution in [1.82, 2.24) is 19.6 Å². The molecule has 0 radical (unpaired) electrons. The van der Waals surface area contributed by atoms with Crippen molar-refractivity contribution >= 4 is 16.9 Å².